The Morgan fingerprint density at radius 2 is 1.96 bits per heavy atom. The van der Waals surface area contributed by atoms with Gasteiger partial charge in [-0.15, -0.1) is 4.72 Å². The molecule has 1 rings (SSSR count). The highest BCUT2D eigenvalue weighted by molar-refractivity contribution is 7.90. The highest BCUT2D eigenvalue weighted by Crippen LogP contribution is 2.33. The first-order chi connectivity index (χ1) is 11.1. The van der Waals surface area contributed by atoms with E-state index in [9.17, 15) is 22.5 Å². The van der Waals surface area contributed by atoms with E-state index in [1.165, 1.54) is 19.1 Å². The second-order valence-electron chi connectivity index (χ2n) is 6.18. The van der Waals surface area contributed by atoms with E-state index in [2.05, 4.69) is 9.46 Å². The van der Waals surface area contributed by atoms with Gasteiger partial charge in [-0.3, -0.25) is 0 Å². The van der Waals surface area contributed by atoms with Crippen LogP contribution in [-0.2, 0) is 26.4 Å². The van der Waals surface area contributed by atoms with Crippen LogP contribution in [0.15, 0.2) is 24.3 Å². The van der Waals surface area contributed by atoms with Crippen molar-refractivity contribution in [2.75, 3.05) is 13.3 Å². The van der Waals surface area contributed by atoms with Gasteiger partial charge in [-0.1, -0.05) is 18.2 Å². The molecule has 0 unspecified atom stereocenters. The Kier molecular flexibility index (Phi) is 7.12. The van der Waals surface area contributed by atoms with Crippen molar-refractivity contribution in [1.29, 1.82) is 0 Å². The molecule has 4 nitrogen and oxygen atoms in total. The van der Waals surface area contributed by atoms with Crippen molar-refractivity contribution in [3.8, 4) is 0 Å². The van der Waals surface area contributed by atoms with E-state index < -0.39 is 51.8 Å². The van der Waals surface area contributed by atoms with E-state index in [-0.39, 0.29) is 6.61 Å². The Bertz CT molecular complexity index is 568. The lowest BCUT2D eigenvalue weighted by Crippen LogP contribution is -2.60. The Morgan fingerprint density at radius 3 is 2.42 bits per heavy atom. The molecule has 24 heavy (non-hydrogen) atoms. The fraction of sp³-hybridized carbons (Fsp3) is 0.562. The van der Waals surface area contributed by atoms with E-state index in [1.807, 2.05) is 0 Å². The van der Waals surface area contributed by atoms with Crippen molar-refractivity contribution >= 4 is 17.3 Å². The van der Waals surface area contributed by atoms with Crippen molar-refractivity contribution in [3.63, 3.8) is 0 Å². The Hall–Kier alpha value is -1.25. The van der Waals surface area contributed by atoms with Gasteiger partial charge in [0.1, 0.15) is 17.2 Å². The number of ether oxygens (including phenoxy) is 1. The number of alkyl halides is 2. The zero-order valence-corrected chi connectivity index (χ0v) is 14.9. The molecule has 136 valence electrons. The van der Waals surface area contributed by atoms with Crippen molar-refractivity contribution in [2.24, 2.45) is 0 Å². The fourth-order valence-corrected chi connectivity index (χ4v) is 2.87. The summed E-state index contributed by atoms with van der Waals surface area (Å²) >= 11 is -1.96. The third-order valence-corrected chi connectivity index (χ3v) is 4.98. The smallest absolute Gasteiger partial charge is 0.343 e. The molecule has 0 heterocycles. The summed E-state index contributed by atoms with van der Waals surface area (Å²) < 4.78 is 61.4. The van der Waals surface area contributed by atoms with Crippen molar-refractivity contribution in [3.05, 3.63) is 35.6 Å². The Labute approximate surface area is 143 Å². The van der Waals surface area contributed by atoms with Gasteiger partial charge in [-0.2, -0.15) is 0 Å². The molecule has 1 aromatic carbocycles. The second-order valence-corrected chi connectivity index (χ2v) is 8.15. The molecule has 0 aliphatic carbocycles. The third kappa shape index (κ3) is 4.43. The summed E-state index contributed by atoms with van der Waals surface area (Å²) in [6.45, 7) is 4.59. The number of nitrogens with one attached hydrogen (secondary N) is 1. The van der Waals surface area contributed by atoms with Gasteiger partial charge in [0.15, 0.2) is 5.54 Å². The van der Waals surface area contributed by atoms with Crippen LogP contribution in [0.3, 0.4) is 0 Å². The molecule has 1 N–H and O–H groups in total. The van der Waals surface area contributed by atoms with Gasteiger partial charge in [0.25, 0.3) is 0 Å². The minimum atomic E-state index is -2.58. The predicted molar refractivity (Wildman–Crippen MR) is 86.6 cm³/mol. The fourth-order valence-electron chi connectivity index (χ4n) is 1.97. The first kappa shape index (κ1) is 20.8. The van der Waals surface area contributed by atoms with E-state index in [0.717, 1.165) is 12.1 Å². The number of hydrogen-bond donors (Lipinski definition) is 1. The van der Waals surface area contributed by atoms with Gasteiger partial charge in [0.2, 0.25) is 6.17 Å². The molecule has 3 atom stereocenters. The average molecular weight is 365 g/mol. The molecule has 0 bridgehead atoms. The maximum absolute atomic E-state index is 14.8. The zero-order chi connectivity index (χ0) is 18.5. The molecule has 0 aromatic heterocycles. The lowest BCUT2D eigenvalue weighted by molar-refractivity contribution is -0.153. The van der Waals surface area contributed by atoms with Gasteiger partial charge < -0.3 is 9.29 Å². The first-order valence-corrected chi connectivity index (χ1v) is 8.56. The van der Waals surface area contributed by atoms with Crippen LogP contribution in [-0.4, -0.2) is 34.7 Å². The zero-order valence-electron chi connectivity index (χ0n) is 14.1. The number of halogens is 3. The molecule has 0 amide bonds. The Balaban J connectivity index is 3.43. The molecule has 1 aromatic rings. The van der Waals surface area contributed by atoms with Crippen LogP contribution in [0.4, 0.5) is 13.2 Å². The number of carbonyl (C=O) groups is 1. The average Bonchev–Trinajstić information content (AvgIpc) is 2.51. The summed E-state index contributed by atoms with van der Waals surface area (Å²) in [5.74, 6) is -2.27. The SMILES string of the molecule is CCOC(=O)[C@H](F)[C@](CF)(N[S@+]([O-])C(C)(C)C)c1ccccc1F. The maximum atomic E-state index is 14.8. The number of rotatable bonds is 7. The van der Waals surface area contributed by atoms with E-state index >= 15 is 0 Å². The normalized spacial score (nSPS) is 17.0. The van der Waals surface area contributed by atoms with Crippen LogP contribution in [0, 0.1) is 5.82 Å². The lowest BCUT2D eigenvalue weighted by atomic mass is 9.87. The van der Waals surface area contributed by atoms with E-state index in [0.29, 0.717) is 0 Å². The third-order valence-electron chi connectivity index (χ3n) is 3.32. The maximum Gasteiger partial charge on any atom is 0.343 e. The standard InChI is InChI=1S/C16H22F3NO3S/c1-5-23-14(21)13(19)16(10-17,20-24(22)15(2,3)4)11-8-6-7-9-12(11)18/h6-9,13,20H,5,10H2,1-4H3/t13-,16+,24+/m0/s1. The van der Waals surface area contributed by atoms with E-state index in [1.54, 1.807) is 20.8 Å². The highest BCUT2D eigenvalue weighted by Gasteiger charge is 2.52. The monoisotopic (exact) mass is 365 g/mol. The van der Waals surface area contributed by atoms with Crippen LogP contribution in [0.2, 0.25) is 0 Å². The van der Waals surface area contributed by atoms with Gasteiger partial charge in [0.05, 0.1) is 6.61 Å². The molecule has 8 heteroatoms. The van der Waals surface area contributed by atoms with Gasteiger partial charge in [0, 0.05) is 16.9 Å². The van der Waals surface area contributed by atoms with Crippen LogP contribution in [0.25, 0.3) is 0 Å². The largest absolute Gasteiger partial charge is 0.598 e. The summed E-state index contributed by atoms with van der Waals surface area (Å²) in [4.78, 5) is 11.8. The molecular formula is C16H22F3NO3S. The summed E-state index contributed by atoms with van der Waals surface area (Å²) in [7, 11) is 0. The molecule has 0 saturated carbocycles. The Morgan fingerprint density at radius 1 is 1.38 bits per heavy atom. The molecule has 0 saturated heterocycles. The van der Waals surface area contributed by atoms with E-state index in [4.69, 9.17) is 0 Å². The predicted octanol–water partition coefficient (Wildman–Crippen LogP) is 2.94. The molecular weight excluding hydrogens is 343 g/mol. The van der Waals surface area contributed by atoms with Crippen molar-refractivity contribution in [1.82, 2.24) is 4.72 Å². The number of hydrogen-bond acceptors (Lipinski definition) is 4. The van der Waals surface area contributed by atoms with Crippen LogP contribution >= 0.6 is 0 Å². The van der Waals surface area contributed by atoms with Gasteiger partial charge >= 0.3 is 5.97 Å². The van der Waals surface area contributed by atoms with Crippen LogP contribution in [0.1, 0.15) is 33.3 Å². The minimum absolute atomic E-state index is 0.124. The minimum Gasteiger partial charge on any atom is -0.598 e. The van der Waals surface area contributed by atoms with Crippen molar-refractivity contribution in [2.45, 2.75) is 44.2 Å². The quantitative estimate of drug-likeness (QED) is 0.596. The summed E-state index contributed by atoms with van der Waals surface area (Å²) in [6.07, 6.45) is -2.58. The van der Waals surface area contributed by atoms with Crippen molar-refractivity contribution < 1.29 is 27.3 Å². The second kappa shape index (κ2) is 8.22. The topological polar surface area (TPSA) is 61.4 Å². The summed E-state index contributed by atoms with van der Waals surface area (Å²) in [6, 6.07) is 4.88. The summed E-state index contributed by atoms with van der Waals surface area (Å²) in [5.41, 5.74) is -2.87. The first-order valence-electron chi connectivity index (χ1n) is 7.41. The number of esters is 1. The van der Waals surface area contributed by atoms with Crippen LogP contribution < -0.4 is 4.72 Å². The molecule has 0 aliphatic rings. The number of carbonyl (C=O) groups excluding carboxylic acids is 1. The summed E-state index contributed by atoms with van der Waals surface area (Å²) in [5, 5.41) is 0. The molecule has 0 fully saturated rings. The number of benzene rings is 1. The molecule has 0 aliphatic heterocycles. The van der Waals surface area contributed by atoms with Crippen LogP contribution in [0.5, 0.6) is 0 Å². The van der Waals surface area contributed by atoms with Gasteiger partial charge in [-0.25, -0.2) is 18.0 Å². The lowest BCUT2D eigenvalue weighted by Gasteiger charge is -2.37. The molecule has 0 spiro atoms. The highest BCUT2D eigenvalue weighted by atomic mass is 32.2. The molecule has 0 radical (unpaired) electrons. The van der Waals surface area contributed by atoms with Gasteiger partial charge in [-0.05, 0) is 33.8 Å².